The lowest BCUT2D eigenvalue weighted by Gasteiger charge is -2.13. The van der Waals surface area contributed by atoms with Gasteiger partial charge in [0.2, 0.25) is 0 Å². The van der Waals surface area contributed by atoms with Crippen molar-refractivity contribution in [1.29, 1.82) is 0 Å². The van der Waals surface area contributed by atoms with Crippen molar-refractivity contribution >= 4 is 11.6 Å². The second-order valence-corrected chi connectivity index (χ2v) is 4.76. The zero-order valence-electron chi connectivity index (χ0n) is 10.4. The normalized spacial score (nSPS) is 12.2. The first-order chi connectivity index (χ1) is 9.15. The Balaban J connectivity index is 1.89. The van der Waals surface area contributed by atoms with Crippen LogP contribution in [0.15, 0.2) is 48.5 Å². The molecule has 0 amide bonds. The fourth-order valence-corrected chi connectivity index (χ4v) is 1.91. The molecule has 0 aromatic heterocycles. The SMILES string of the molecule is NC(COc1ccccc1)Cc1ccc(Cl)cc1F. The van der Waals surface area contributed by atoms with Crippen LogP contribution in [-0.4, -0.2) is 12.6 Å². The molecule has 1 atom stereocenters. The average molecular weight is 280 g/mol. The molecule has 2 aromatic carbocycles. The molecule has 0 aliphatic heterocycles. The third-order valence-electron chi connectivity index (χ3n) is 2.70. The Morgan fingerprint density at radius 1 is 1.16 bits per heavy atom. The van der Waals surface area contributed by atoms with Crippen molar-refractivity contribution in [2.24, 2.45) is 5.73 Å². The van der Waals surface area contributed by atoms with Gasteiger partial charge in [-0.1, -0.05) is 35.9 Å². The lowest BCUT2D eigenvalue weighted by atomic mass is 10.1. The highest BCUT2D eigenvalue weighted by atomic mass is 35.5. The minimum Gasteiger partial charge on any atom is -0.492 e. The van der Waals surface area contributed by atoms with E-state index >= 15 is 0 Å². The maximum Gasteiger partial charge on any atom is 0.127 e. The molecular formula is C15H15ClFNO. The Labute approximate surface area is 117 Å². The Morgan fingerprint density at radius 2 is 1.89 bits per heavy atom. The van der Waals surface area contributed by atoms with Crippen molar-refractivity contribution in [1.82, 2.24) is 0 Å². The van der Waals surface area contributed by atoms with Crippen LogP contribution in [0.3, 0.4) is 0 Å². The van der Waals surface area contributed by atoms with E-state index in [9.17, 15) is 4.39 Å². The van der Waals surface area contributed by atoms with Crippen LogP contribution in [0.2, 0.25) is 5.02 Å². The number of hydrogen-bond donors (Lipinski definition) is 1. The number of para-hydroxylation sites is 1. The van der Waals surface area contributed by atoms with Crippen LogP contribution >= 0.6 is 11.6 Å². The van der Waals surface area contributed by atoms with Crippen molar-refractivity contribution in [3.63, 3.8) is 0 Å². The summed E-state index contributed by atoms with van der Waals surface area (Å²) in [6.45, 7) is 0.339. The van der Waals surface area contributed by atoms with Crippen molar-refractivity contribution in [3.05, 3.63) is 64.9 Å². The first-order valence-electron chi connectivity index (χ1n) is 6.02. The number of ether oxygens (including phenoxy) is 1. The van der Waals surface area contributed by atoms with E-state index in [-0.39, 0.29) is 11.9 Å². The monoisotopic (exact) mass is 279 g/mol. The van der Waals surface area contributed by atoms with Gasteiger partial charge in [-0.2, -0.15) is 0 Å². The average Bonchev–Trinajstić information content (AvgIpc) is 2.41. The molecule has 4 heteroatoms. The summed E-state index contributed by atoms with van der Waals surface area (Å²) in [5.74, 6) is 0.428. The molecule has 0 saturated heterocycles. The zero-order valence-corrected chi connectivity index (χ0v) is 11.1. The molecule has 0 fully saturated rings. The lowest BCUT2D eigenvalue weighted by Crippen LogP contribution is -2.30. The molecule has 0 spiro atoms. The molecule has 2 nitrogen and oxygen atoms in total. The Kier molecular flexibility index (Phi) is 4.77. The zero-order chi connectivity index (χ0) is 13.7. The fourth-order valence-electron chi connectivity index (χ4n) is 1.75. The molecule has 0 aliphatic rings. The third kappa shape index (κ3) is 4.23. The van der Waals surface area contributed by atoms with E-state index in [2.05, 4.69) is 0 Å². The summed E-state index contributed by atoms with van der Waals surface area (Å²) < 4.78 is 19.1. The van der Waals surface area contributed by atoms with Gasteiger partial charge in [-0.25, -0.2) is 4.39 Å². The standard InChI is InChI=1S/C15H15ClFNO/c16-12-7-6-11(15(17)9-12)8-13(18)10-19-14-4-2-1-3-5-14/h1-7,9,13H,8,10,18H2. The van der Waals surface area contributed by atoms with E-state index < -0.39 is 0 Å². The van der Waals surface area contributed by atoms with Crippen LogP contribution < -0.4 is 10.5 Å². The smallest absolute Gasteiger partial charge is 0.127 e. The summed E-state index contributed by atoms with van der Waals surface area (Å²) in [5, 5.41) is 0.385. The van der Waals surface area contributed by atoms with E-state index in [4.69, 9.17) is 22.1 Å². The molecule has 1 unspecified atom stereocenters. The molecule has 100 valence electrons. The van der Waals surface area contributed by atoms with Gasteiger partial charge in [0.15, 0.2) is 0 Å². The number of hydrogen-bond acceptors (Lipinski definition) is 2. The first-order valence-corrected chi connectivity index (χ1v) is 6.40. The molecule has 0 heterocycles. The molecule has 0 aliphatic carbocycles. The maximum atomic E-state index is 13.6. The highest BCUT2D eigenvalue weighted by Crippen LogP contribution is 2.16. The molecular weight excluding hydrogens is 265 g/mol. The number of halogens is 2. The van der Waals surface area contributed by atoms with Crippen LogP contribution in [0.1, 0.15) is 5.56 Å². The van der Waals surface area contributed by atoms with Gasteiger partial charge < -0.3 is 10.5 Å². The van der Waals surface area contributed by atoms with Crippen LogP contribution in [0.4, 0.5) is 4.39 Å². The minimum absolute atomic E-state index is 0.268. The van der Waals surface area contributed by atoms with Gasteiger partial charge in [-0.15, -0.1) is 0 Å². The van der Waals surface area contributed by atoms with Crippen molar-refractivity contribution in [3.8, 4) is 5.75 Å². The molecule has 2 N–H and O–H groups in total. The van der Waals surface area contributed by atoms with Gasteiger partial charge in [0.1, 0.15) is 18.2 Å². The van der Waals surface area contributed by atoms with Crippen molar-refractivity contribution in [2.75, 3.05) is 6.61 Å². The Bertz CT molecular complexity index is 533. The minimum atomic E-state index is -0.331. The highest BCUT2D eigenvalue weighted by Gasteiger charge is 2.09. The predicted molar refractivity (Wildman–Crippen MR) is 75.0 cm³/mol. The summed E-state index contributed by atoms with van der Waals surface area (Å²) in [7, 11) is 0. The van der Waals surface area contributed by atoms with Crippen molar-refractivity contribution in [2.45, 2.75) is 12.5 Å². The van der Waals surface area contributed by atoms with Gasteiger partial charge in [-0.05, 0) is 36.2 Å². The molecule has 19 heavy (non-hydrogen) atoms. The second-order valence-electron chi connectivity index (χ2n) is 4.32. The van der Waals surface area contributed by atoms with Gasteiger partial charge in [-0.3, -0.25) is 0 Å². The summed E-state index contributed by atoms with van der Waals surface area (Å²) in [5.41, 5.74) is 6.49. The molecule has 0 bridgehead atoms. The van der Waals surface area contributed by atoms with Gasteiger partial charge >= 0.3 is 0 Å². The van der Waals surface area contributed by atoms with Crippen LogP contribution in [0.25, 0.3) is 0 Å². The molecule has 0 saturated carbocycles. The maximum absolute atomic E-state index is 13.6. The van der Waals surface area contributed by atoms with Crippen molar-refractivity contribution < 1.29 is 9.13 Å². The molecule has 2 rings (SSSR count). The van der Waals surface area contributed by atoms with Crippen LogP contribution in [-0.2, 0) is 6.42 Å². The molecule has 2 aromatic rings. The Morgan fingerprint density at radius 3 is 2.58 bits per heavy atom. The quantitative estimate of drug-likeness (QED) is 0.910. The highest BCUT2D eigenvalue weighted by molar-refractivity contribution is 6.30. The number of nitrogens with two attached hydrogens (primary N) is 1. The number of benzene rings is 2. The van der Waals surface area contributed by atoms with E-state index in [1.54, 1.807) is 12.1 Å². The lowest BCUT2D eigenvalue weighted by molar-refractivity contribution is 0.287. The third-order valence-corrected chi connectivity index (χ3v) is 2.94. The predicted octanol–water partition coefficient (Wildman–Crippen LogP) is 3.43. The largest absolute Gasteiger partial charge is 0.492 e. The summed E-state index contributed by atoms with van der Waals surface area (Å²) in [4.78, 5) is 0. The van der Waals surface area contributed by atoms with Crippen LogP contribution in [0, 0.1) is 5.82 Å². The van der Waals surface area contributed by atoms with E-state index in [1.165, 1.54) is 6.07 Å². The van der Waals surface area contributed by atoms with Gasteiger partial charge in [0.05, 0.1) is 0 Å². The first kappa shape index (κ1) is 13.8. The Hall–Kier alpha value is -1.58. The summed E-state index contributed by atoms with van der Waals surface area (Å²) in [6, 6.07) is 13.7. The number of rotatable bonds is 5. The van der Waals surface area contributed by atoms with E-state index in [0.29, 0.717) is 23.6 Å². The summed E-state index contributed by atoms with van der Waals surface area (Å²) >= 11 is 5.70. The topological polar surface area (TPSA) is 35.2 Å². The van der Waals surface area contributed by atoms with E-state index in [0.717, 1.165) is 5.75 Å². The van der Waals surface area contributed by atoms with Gasteiger partial charge in [0.25, 0.3) is 0 Å². The van der Waals surface area contributed by atoms with Gasteiger partial charge in [0, 0.05) is 11.1 Å². The van der Waals surface area contributed by atoms with E-state index in [1.807, 2.05) is 30.3 Å². The fraction of sp³-hybridized carbons (Fsp3) is 0.200. The molecule has 0 radical (unpaired) electrons. The van der Waals surface area contributed by atoms with Crippen LogP contribution in [0.5, 0.6) is 5.75 Å². The summed E-state index contributed by atoms with van der Waals surface area (Å²) in [6.07, 6.45) is 0.413. The second kappa shape index (κ2) is 6.55.